The van der Waals surface area contributed by atoms with Gasteiger partial charge in [-0.25, -0.2) is 9.97 Å². The van der Waals surface area contributed by atoms with Crippen molar-refractivity contribution in [1.29, 1.82) is 0 Å². The topological polar surface area (TPSA) is 124 Å². The highest BCUT2D eigenvalue weighted by Gasteiger charge is 2.32. The molecule has 12 heteroatoms. The number of aromatic nitrogens is 4. The smallest absolute Gasteiger partial charge is 0.248 e. The molecular formula is C27H33N7O5. The number of anilines is 1. The van der Waals surface area contributed by atoms with Crippen LogP contribution in [-0.2, 0) is 20.9 Å². The van der Waals surface area contributed by atoms with Gasteiger partial charge >= 0.3 is 0 Å². The lowest BCUT2D eigenvalue weighted by molar-refractivity contribution is -0.136. The first-order valence-corrected chi connectivity index (χ1v) is 13.0. The van der Waals surface area contributed by atoms with E-state index in [-0.39, 0.29) is 43.6 Å². The van der Waals surface area contributed by atoms with E-state index < -0.39 is 0 Å². The first-order valence-electron chi connectivity index (χ1n) is 13.0. The second-order valence-electron chi connectivity index (χ2n) is 9.86. The molecule has 0 aliphatic carbocycles. The standard InChI is InChI=1S/C27H33N7O5/c1-18(2)21-12-24(31-27(30-21)33-7-6-28-16-33)34-9-8-32(26(36)15-37-3)14-20(34)11-25(35)29-13-19-4-5-22-23(10-19)39-17-38-22/h4-7,10,12,16,18,20H,8-9,11,13-15,17H2,1-3H3,(H,29,35). The molecule has 1 aromatic carbocycles. The summed E-state index contributed by atoms with van der Waals surface area (Å²) in [6.07, 6.45) is 5.32. The van der Waals surface area contributed by atoms with Crippen LogP contribution in [-0.4, -0.2) is 82.4 Å². The largest absolute Gasteiger partial charge is 0.454 e. The predicted molar refractivity (Wildman–Crippen MR) is 142 cm³/mol. The molecule has 0 radical (unpaired) electrons. The molecule has 1 saturated heterocycles. The SMILES string of the molecule is COCC(=O)N1CCN(c2cc(C(C)C)nc(-n3ccnc3)n2)C(CC(=O)NCc2ccc3c(c2)OCO3)C1. The third-order valence-electron chi connectivity index (χ3n) is 6.79. The third-order valence-corrected chi connectivity index (χ3v) is 6.79. The van der Waals surface area contributed by atoms with Gasteiger partial charge in [-0.05, 0) is 23.6 Å². The summed E-state index contributed by atoms with van der Waals surface area (Å²) < 4.78 is 17.6. The summed E-state index contributed by atoms with van der Waals surface area (Å²) in [7, 11) is 1.50. The quantitative estimate of drug-likeness (QED) is 0.437. The van der Waals surface area contributed by atoms with Crippen LogP contribution < -0.4 is 19.7 Å². The number of ether oxygens (including phenoxy) is 3. The van der Waals surface area contributed by atoms with Crippen molar-refractivity contribution in [1.82, 2.24) is 29.7 Å². The molecule has 2 aromatic heterocycles. The van der Waals surface area contributed by atoms with E-state index in [0.29, 0.717) is 49.4 Å². The lowest BCUT2D eigenvalue weighted by Crippen LogP contribution is -2.57. The normalized spacial score (nSPS) is 16.6. The molecule has 1 atom stereocenters. The van der Waals surface area contributed by atoms with Gasteiger partial charge in [-0.2, -0.15) is 4.98 Å². The molecular weight excluding hydrogens is 502 g/mol. The summed E-state index contributed by atoms with van der Waals surface area (Å²) in [6.45, 7) is 6.10. The summed E-state index contributed by atoms with van der Waals surface area (Å²) in [5, 5.41) is 3.01. The molecule has 0 bridgehead atoms. The maximum Gasteiger partial charge on any atom is 0.248 e. The van der Waals surface area contributed by atoms with Gasteiger partial charge in [0.2, 0.25) is 24.6 Å². The highest BCUT2D eigenvalue weighted by molar-refractivity contribution is 5.79. The Kier molecular flexibility index (Phi) is 7.92. The minimum atomic E-state index is -0.290. The van der Waals surface area contributed by atoms with Crippen LogP contribution in [0.1, 0.15) is 37.4 Å². The number of benzene rings is 1. The van der Waals surface area contributed by atoms with Crippen molar-refractivity contribution in [2.45, 2.75) is 38.8 Å². The van der Waals surface area contributed by atoms with E-state index in [1.165, 1.54) is 7.11 Å². The van der Waals surface area contributed by atoms with Gasteiger partial charge in [0.05, 0.1) is 11.7 Å². The van der Waals surface area contributed by atoms with Gasteiger partial charge in [-0.15, -0.1) is 0 Å². The molecule has 12 nitrogen and oxygen atoms in total. The fraction of sp³-hybridized carbons (Fsp3) is 0.444. The Morgan fingerprint density at radius 3 is 2.77 bits per heavy atom. The summed E-state index contributed by atoms with van der Waals surface area (Å²) in [5.74, 6) is 2.53. The lowest BCUT2D eigenvalue weighted by atomic mass is 10.1. The van der Waals surface area contributed by atoms with E-state index in [2.05, 4.69) is 29.0 Å². The molecule has 39 heavy (non-hydrogen) atoms. The monoisotopic (exact) mass is 535 g/mol. The fourth-order valence-corrected chi connectivity index (χ4v) is 4.69. The van der Waals surface area contributed by atoms with Crippen LogP contribution in [0.5, 0.6) is 11.5 Å². The molecule has 206 valence electrons. The van der Waals surface area contributed by atoms with Crippen LogP contribution in [0.2, 0.25) is 0 Å². The number of carbonyl (C=O) groups is 2. The molecule has 2 amide bonds. The number of methoxy groups -OCH3 is 1. The van der Waals surface area contributed by atoms with Crippen molar-refractivity contribution in [2.24, 2.45) is 0 Å². The van der Waals surface area contributed by atoms with Crippen LogP contribution in [0.25, 0.3) is 5.95 Å². The second-order valence-corrected chi connectivity index (χ2v) is 9.86. The van der Waals surface area contributed by atoms with Crippen molar-refractivity contribution < 1.29 is 23.8 Å². The number of hydrogen-bond donors (Lipinski definition) is 1. The maximum atomic E-state index is 13.2. The number of carbonyl (C=O) groups excluding carboxylic acids is 2. The van der Waals surface area contributed by atoms with Crippen molar-refractivity contribution in [2.75, 3.05) is 45.0 Å². The van der Waals surface area contributed by atoms with E-state index in [1.807, 2.05) is 24.3 Å². The Hall–Kier alpha value is -4.19. The second kappa shape index (κ2) is 11.7. The van der Waals surface area contributed by atoms with Crippen LogP contribution >= 0.6 is 0 Å². The van der Waals surface area contributed by atoms with E-state index in [9.17, 15) is 9.59 Å². The molecule has 1 unspecified atom stereocenters. The highest BCUT2D eigenvalue weighted by Crippen LogP contribution is 2.32. The summed E-state index contributed by atoms with van der Waals surface area (Å²) in [5.41, 5.74) is 1.79. The van der Waals surface area contributed by atoms with Crippen LogP contribution in [0, 0.1) is 0 Å². The van der Waals surface area contributed by atoms with Crippen molar-refractivity contribution in [3.05, 3.63) is 54.2 Å². The zero-order chi connectivity index (χ0) is 27.4. The zero-order valence-corrected chi connectivity index (χ0v) is 22.4. The minimum absolute atomic E-state index is 0.00118. The molecule has 1 fully saturated rings. The van der Waals surface area contributed by atoms with Crippen LogP contribution in [0.4, 0.5) is 5.82 Å². The van der Waals surface area contributed by atoms with Crippen molar-refractivity contribution in [3.8, 4) is 17.4 Å². The fourth-order valence-electron chi connectivity index (χ4n) is 4.69. The Balaban J connectivity index is 1.36. The number of imidazole rings is 1. The van der Waals surface area contributed by atoms with E-state index in [4.69, 9.17) is 24.2 Å². The van der Waals surface area contributed by atoms with Crippen molar-refractivity contribution >= 4 is 17.6 Å². The Bertz CT molecular complexity index is 1310. The van der Waals surface area contributed by atoms with Gasteiger partial charge < -0.3 is 29.3 Å². The summed E-state index contributed by atoms with van der Waals surface area (Å²) in [6, 6.07) is 7.28. The number of piperazine rings is 1. The first kappa shape index (κ1) is 26.4. The van der Waals surface area contributed by atoms with Gasteiger partial charge in [0.1, 0.15) is 18.8 Å². The van der Waals surface area contributed by atoms with Gasteiger partial charge in [-0.1, -0.05) is 19.9 Å². The molecule has 5 rings (SSSR count). The molecule has 1 N–H and O–H groups in total. The van der Waals surface area contributed by atoms with E-state index in [1.54, 1.807) is 28.2 Å². The van der Waals surface area contributed by atoms with Gasteiger partial charge in [0, 0.05) is 58.2 Å². The minimum Gasteiger partial charge on any atom is -0.454 e. The maximum absolute atomic E-state index is 13.2. The van der Waals surface area contributed by atoms with Gasteiger partial charge in [-0.3, -0.25) is 14.2 Å². The average Bonchev–Trinajstić information content (AvgIpc) is 3.64. The lowest BCUT2D eigenvalue weighted by Gasteiger charge is -2.42. The van der Waals surface area contributed by atoms with Crippen LogP contribution in [0.15, 0.2) is 43.0 Å². The zero-order valence-electron chi connectivity index (χ0n) is 22.4. The molecule has 2 aliphatic heterocycles. The first-order chi connectivity index (χ1) is 18.9. The number of amides is 2. The molecule has 3 aromatic rings. The number of hydrogen-bond acceptors (Lipinski definition) is 9. The summed E-state index contributed by atoms with van der Waals surface area (Å²) >= 11 is 0. The number of nitrogens with zero attached hydrogens (tertiary/aromatic N) is 6. The van der Waals surface area contributed by atoms with E-state index in [0.717, 1.165) is 11.3 Å². The van der Waals surface area contributed by atoms with Crippen LogP contribution in [0.3, 0.4) is 0 Å². The molecule has 0 spiro atoms. The summed E-state index contributed by atoms with van der Waals surface area (Å²) in [4.78, 5) is 43.3. The number of nitrogens with one attached hydrogen (secondary N) is 1. The Morgan fingerprint density at radius 1 is 1.15 bits per heavy atom. The number of fused-ring (bicyclic) bond motifs is 1. The molecule has 0 saturated carbocycles. The Morgan fingerprint density at radius 2 is 2.00 bits per heavy atom. The predicted octanol–water partition coefficient (Wildman–Crippen LogP) is 1.88. The Labute approximate surface area is 226 Å². The third kappa shape index (κ3) is 6.11. The van der Waals surface area contributed by atoms with Gasteiger partial charge in [0.25, 0.3) is 0 Å². The molecule has 2 aliphatic rings. The van der Waals surface area contributed by atoms with Crippen molar-refractivity contribution in [3.63, 3.8) is 0 Å². The van der Waals surface area contributed by atoms with E-state index >= 15 is 0 Å². The average molecular weight is 536 g/mol. The molecule has 4 heterocycles. The highest BCUT2D eigenvalue weighted by atomic mass is 16.7. The van der Waals surface area contributed by atoms with Gasteiger partial charge in [0.15, 0.2) is 11.5 Å². The number of rotatable bonds is 9.